The topological polar surface area (TPSA) is 183 Å². The molecule has 0 bridgehead atoms. The van der Waals surface area contributed by atoms with Crippen molar-refractivity contribution in [3.05, 3.63) is 50.1 Å². The van der Waals surface area contributed by atoms with Crippen LogP contribution in [0.3, 0.4) is 0 Å². The maximum absolute atomic E-state index is 11.1. The van der Waals surface area contributed by atoms with E-state index >= 15 is 0 Å². The van der Waals surface area contributed by atoms with Gasteiger partial charge in [-0.3, -0.25) is 20.2 Å². The standard InChI is InChI=1S/C13H12N6O5/c1-6-3-2-4-7(5-6)16-17-10-8(14)11(18(21)22)9(15)12(13(10)20)19(23)24/h2-5,20H,14-15H2,1H3. The first kappa shape index (κ1) is 16.6. The molecule has 0 aromatic heterocycles. The molecule has 0 spiro atoms. The smallest absolute Gasteiger partial charge is 0.343 e. The van der Waals surface area contributed by atoms with Crippen LogP contribution in [0.25, 0.3) is 0 Å². The number of phenols is 1. The van der Waals surface area contributed by atoms with Crippen LogP contribution in [0.2, 0.25) is 0 Å². The molecule has 0 radical (unpaired) electrons. The molecule has 0 aliphatic rings. The molecule has 0 heterocycles. The average molecular weight is 332 g/mol. The summed E-state index contributed by atoms with van der Waals surface area (Å²) in [5.41, 5.74) is 8.21. The highest BCUT2D eigenvalue weighted by molar-refractivity contribution is 5.94. The summed E-state index contributed by atoms with van der Waals surface area (Å²) in [6.45, 7) is 1.81. The molecular weight excluding hydrogens is 320 g/mol. The van der Waals surface area contributed by atoms with E-state index in [1.165, 1.54) is 0 Å². The highest BCUT2D eigenvalue weighted by Gasteiger charge is 2.35. The van der Waals surface area contributed by atoms with Crippen molar-refractivity contribution in [2.75, 3.05) is 11.5 Å². The number of nitrogens with two attached hydrogens (primary N) is 2. The van der Waals surface area contributed by atoms with Gasteiger partial charge in [0.1, 0.15) is 5.69 Å². The van der Waals surface area contributed by atoms with Gasteiger partial charge in [0.25, 0.3) is 0 Å². The number of aromatic hydroxyl groups is 1. The van der Waals surface area contributed by atoms with Crippen LogP contribution in [0.5, 0.6) is 5.75 Å². The minimum absolute atomic E-state index is 0.371. The minimum atomic E-state index is -1.05. The molecule has 0 fully saturated rings. The van der Waals surface area contributed by atoms with Crippen molar-refractivity contribution in [2.24, 2.45) is 10.2 Å². The zero-order valence-electron chi connectivity index (χ0n) is 12.3. The minimum Gasteiger partial charge on any atom is -0.500 e. The number of benzene rings is 2. The van der Waals surface area contributed by atoms with Gasteiger partial charge in [-0.15, -0.1) is 5.11 Å². The SMILES string of the molecule is Cc1cccc(N=Nc2c(N)c([N+](=O)[O-])c(N)c([N+](=O)[O-])c2O)c1. The number of nitrogens with zero attached hydrogens (tertiary/aromatic N) is 4. The average Bonchev–Trinajstić information content (AvgIpc) is 2.46. The summed E-state index contributed by atoms with van der Waals surface area (Å²) >= 11 is 0. The Morgan fingerprint density at radius 1 is 1.04 bits per heavy atom. The van der Waals surface area contributed by atoms with Crippen LogP contribution in [-0.4, -0.2) is 15.0 Å². The number of phenolic OH excluding ortho intramolecular Hbond substituents is 1. The van der Waals surface area contributed by atoms with E-state index in [-0.39, 0.29) is 0 Å². The van der Waals surface area contributed by atoms with Gasteiger partial charge in [0, 0.05) is 0 Å². The first-order valence-electron chi connectivity index (χ1n) is 6.45. The van der Waals surface area contributed by atoms with Crippen molar-refractivity contribution < 1.29 is 15.0 Å². The number of aryl methyl sites for hydroxylation is 1. The molecule has 0 unspecified atom stereocenters. The number of anilines is 2. The monoisotopic (exact) mass is 332 g/mol. The second-order valence-corrected chi connectivity index (χ2v) is 4.78. The van der Waals surface area contributed by atoms with Crippen molar-refractivity contribution in [3.63, 3.8) is 0 Å². The van der Waals surface area contributed by atoms with E-state index < -0.39 is 44.0 Å². The zero-order chi connectivity index (χ0) is 18.0. The summed E-state index contributed by atoms with van der Waals surface area (Å²) in [4.78, 5) is 20.1. The molecule has 0 saturated heterocycles. The normalized spacial score (nSPS) is 10.9. The molecule has 11 nitrogen and oxygen atoms in total. The van der Waals surface area contributed by atoms with Crippen LogP contribution < -0.4 is 11.5 Å². The van der Waals surface area contributed by atoms with E-state index in [0.717, 1.165) is 5.56 Å². The fraction of sp³-hybridized carbons (Fsp3) is 0.0769. The Kier molecular flexibility index (Phi) is 4.26. The van der Waals surface area contributed by atoms with E-state index in [1.54, 1.807) is 18.2 Å². The zero-order valence-corrected chi connectivity index (χ0v) is 12.3. The largest absolute Gasteiger partial charge is 0.500 e. The van der Waals surface area contributed by atoms with Gasteiger partial charge in [-0.1, -0.05) is 12.1 Å². The van der Waals surface area contributed by atoms with Gasteiger partial charge in [0.15, 0.2) is 11.4 Å². The van der Waals surface area contributed by atoms with E-state index in [0.29, 0.717) is 5.69 Å². The molecule has 2 aromatic rings. The van der Waals surface area contributed by atoms with Gasteiger partial charge < -0.3 is 16.6 Å². The molecule has 0 atom stereocenters. The lowest BCUT2D eigenvalue weighted by atomic mass is 10.1. The van der Waals surface area contributed by atoms with Crippen LogP contribution in [0.1, 0.15) is 5.56 Å². The Morgan fingerprint density at radius 2 is 1.67 bits per heavy atom. The maximum atomic E-state index is 11.1. The molecule has 2 rings (SSSR count). The third-order valence-electron chi connectivity index (χ3n) is 3.10. The number of azo groups is 1. The van der Waals surface area contributed by atoms with Crippen molar-refractivity contribution in [3.8, 4) is 5.75 Å². The second-order valence-electron chi connectivity index (χ2n) is 4.78. The number of hydrogen-bond donors (Lipinski definition) is 3. The molecule has 2 aromatic carbocycles. The lowest BCUT2D eigenvalue weighted by Gasteiger charge is -2.07. The van der Waals surface area contributed by atoms with Gasteiger partial charge in [-0.2, -0.15) is 5.11 Å². The fourth-order valence-electron chi connectivity index (χ4n) is 2.02. The highest BCUT2D eigenvalue weighted by atomic mass is 16.6. The number of hydrogen-bond acceptors (Lipinski definition) is 9. The summed E-state index contributed by atoms with van der Waals surface area (Å²) in [5, 5.41) is 39.5. The second kappa shape index (κ2) is 6.16. The molecule has 24 heavy (non-hydrogen) atoms. The van der Waals surface area contributed by atoms with Crippen molar-refractivity contribution in [1.82, 2.24) is 0 Å². The Morgan fingerprint density at radius 3 is 2.21 bits per heavy atom. The summed E-state index contributed by atoms with van der Waals surface area (Å²) in [6.07, 6.45) is 0. The lowest BCUT2D eigenvalue weighted by molar-refractivity contribution is -0.392. The maximum Gasteiger partial charge on any atom is 0.343 e. The Labute approximate surface area is 134 Å². The van der Waals surface area contributed by atoms with Crippen LogP contribution >= 0.6 is 0 Å². The van der Waals surface area contributed by atoms with Crippen LogP contribution in [0.4, 0.5) is 34.1 Å². The summed E-state index contributed by atoms with van der Waals surface area (Å²) in [7, 11) is 0. The number of nitro benzene ring substituents is 2. The van der Waals surface area contributed by atoms with Gasteiger partial charge in [-0.25, -0.2) is 0 Å². The predicted molar refractivity (Wildman–Crippen MR) is 85.6 cm³/mol. The summed E-state index contributed by atoms with van der Waals surface area (Å²) in [5.74, 6) is -0.989. The quantitative estimate of drug-likeness (QED) is 0.332. The van der Waals surface area contributed by atoms with Gasteiger partial charge in [-0.05, 0) is 24.6 Å². The van der Waals surface area contributed by atoms with E-state index in [2.05, 4.69) is 10.2 Å². The molecule has 0 amide bonds. The first-order valence-corrected chi connectivity index (χ1v) is 6.45. The van der Waals surface area contributed by atoms with Crippen molar-refractivity contribution in [1.29, 1.82) is 0 Å². The fourth-order valence-corrected chi connectivity index (χ4v) is 2.02. The van der Waals surface area contributed by atoms with Gasteiger partial charge >= 0.3 is 11.4 Å². The molecule has 124 valence electrons. The van der Waals surface area contributed by atoms with Crippen LogP contribution in [0, 0.1) is 27.2 Å². The Bertz CT molecular complexity index is 838. The Hall–Kier alpha value is -3.76. The van der Waals surface area contributed by atoms with Crippen LogP contribution in [-0.2, 0) is 0 Å². The van der Waals surface area contributed by atoms with Crippen LogP contribution in [0.15, 0.2) is 34.5 Å². The molecule has 0 saturated carbocycles. The van der Waals surface area contributed by atoms with Crippen molar-refractivity contribution in [2.45, 2.75) is 6.92 Å². The lowest BCUT2D eigenvalue weighted by Crippen LogP contribution is -2.05. The van der Waals surface area contributed by atoms with Crippen molar-refractivity contribution >= 4 is 34.1 Å². The highest BCUT2D eigenvalue weighted by Crippen LogP contribution is 2.51. The third-order valence-corrected chi connectivity index (χ3v) is 3.10. The summed E-state index contributed by atoms with van der Waals surface area (Å²) < 4.78 is 0. The molecule has 11 heteroatoms. The van der Waals surface area contributed by atoms with E-state index in [1.807, 2.05) is 13.0 Å². The molecule has 0 aliphatic heterocycles. The first-order chi connectivity index (χ1) is 11.2. The Balaban J connectivity index is 2.69. The van der Waals surface area contributed by atoms with E-state index in [4.69, 9.17) is 11.5 Å². The van der Waals surface area contributed by atoms with E-state index in [9.17, 15) is 25.3 Å². The van der Waals surface area contributed by atoms with Gasteiger partial charge in [0.2, 0.25) is 5.75 Å². The number of nitro groups is 2. The predicted octanol–water partition coefficient (Wildman–Crippen LogP) is 3.10. The van der Waals surface area contributed by atoms with Gasteiger partial charge in [0.05, 0.1) is 15.5 Å². The number of nitrogen functional groups attached to an aromatic ring is 2. The number of rotatable bonds is 4. The summed E-state index contributed by atoms with van der Waals surface area (Å²) in [6, 6.07) is 6.74. The molecule has 0 aliphatic carbocycles. The molecule has 5 N–H and O–H groups in total. The molecular formula is C13H12N6O5. The third kappa shape index (κ3) is 2.90.